The van der Waals surface area contributed by atoms with Gasteiger partial charge in [0.15, 0.2) is 5.69 Å². The molecule has 0 radical (unpaired) electrons. The Morgan fingerprint density at radius 2 is 1.86 bits per heavy atom. The van der Waals surface area contributed by atoms with Crippen LogP contribution in [-0.4, -0.2) is 26.1 Å². The van der Waals surface area contributed by atoms with E-state index in [0.29, 0.717) is 12.4 Å². The molecule has 0 atom stereocenters. The summed E-state index contributed by atoms with van der Waals surface area (Å²) in [7, 11) is 0. The maximum Gasteiger partial charge on any atom is 0.274 e. The summed E-state index contributed by atoms with van der Waals surface area (Å²) in [4.78, 5) is 19.9. The Balaban J connectivity index is 2.19. The highest BCUT2D eigenvalue weighted by molar-refractivity contribution is 5.95. The van der Waals surface area contributed by atoms with Crippen LogP contribution in [0, 0.1) is 0 Å². The van der Waals surface area contributed by atoms with Crippen molar-refractivity contribution in [2.24, 2.45) is 0 Å². The molecular weight excluding hydrogens is 270 g/mol. The predicted octanol–water partition coefficient (Wildman–Crippen LogP) is 1.94. The van der Waals surface area contributed by atoms with Crippen molar-refractivity contribution in [3.63, 3.8) is 0 Å². The molecule has 0 saturated carbocycles. The molecule has 21 heavy (non-hydrogen) atoms. The van der Waals surface area contributed by atoms with Gasteiger partial charge in [0.25, 0.3) is 11.8 Å². The maximum atomic E-state index is 12.1. The zero-order valence-electron chi connectivity index (χ0n) is 11.9. The van der Waals surface area contributed by atoms with Crippen LogP contribution in [0.25, 0.3) is 0 Å². The molecule has 1 aromatic carbocycles. The number of benzene rings is 1. The summed E-state index contributed by atoms with van der Waals surface area (Å²) in [5.41, 5.74) is 0.704. The average Bonchev–Trinajstić information content (AvgIpc) is 2.48. The van der Waals surface area contributed by atoms with Gasteiger partial charge in [-0.3, -0.25) is 4.79 Å². The molecule has 0 unspecified atom stereocenters. The first-order chi connectivity index (χ1) is 9.99. The lowest BCUT2D eigenvalue weighted by Crippen LogP contribution is -2.24. The fraction of sp³-hybridized carbons (Fsp3) is 0.267. The van der Waals surface area contributed by atoms with Crippen LogP contribution in [0.1, 0.15) is 41.6 Å². The molecule has 0 saturated heterocycles. The molecule has 0 aliphatic heterocycles. The molecule has 6 nitrogen and oxygen atoms in total. The molecule has 0 aliphatic carbocycles. The largest absolute Gasteiger partial charge is 0.501 e. The van der Waals surface area contributed by atoms with Gasteiger partial charge in [-0.15, -0.1) is 0 Å². The van der Waals surface area contributed by atoms with E-state index in [1.54, 1.807) is 0 Å². The van der Waals surface area contributed by atoms with Crippen molar-refractivity contribution < 1.29 is 15.0 Å². The van der Waals surface area contributed by atoms with Gasteiger partial charge in [-0.05, 0) is 5.56 Å². The number of aromatic hydroxyl groups is 2. The zero-order chi connectivity index (χ0) is 15.4. The molecule has 110 valence electrons. The fourth-order valence-electron chi connectivity index (χ4n) is 1.74. The fourth-order valence-corrected chi connectivity index (χ4v) is 1.74. The molecule has 6 heteroatoms. The molecule has 1 heterocycles. The van der Waals surface area contributed by atoms with E-state index in [1.165, 1.54) is 0 Å². The topological polar surface area (TPSA) is 95.3 Å². The highest BCUT2D eigenvalue weighted by Gasteiger charge is 2.20. The minimum absolute atomic E-state index is 0.0721. The van der Waals surface area contributed by atoms with Crippen molar-refractivity contribution in [1.82, 2.24) is 15.3 Å². The molecule has 0 fully saturated rings. The molecule has 0 spiro atoms. The molecule has 0 bridgehead atoms. The molecular formula is C15H17N3O3. The number of rotatable bonds is 4. The smallest absolute Gasteiger partial charge is 0.274 e. The van der Waals surface area contributed by atoms with E-state index >= 15 is 0 Å². The Bertz CT molecular complexity index is 642. The Morgan fingerprint density at radius 3 is 2.48 bits per heavy atom. The third-order valence-electron chi connectivity index (χ3n) is 2.91. The van der Waals surface area contributed by atoms with Crippen molar-refractivity contribution in [3.05, 3.63) is 47.4 Å². The maximum absolute atomic E-state index is 12.1. The highest BCUT2D eigenvalue weighted by atomic mass is 16.3. The molecule has 0 aliphatic rings. The van der Waals surface area contributed by atoms with Gasteiger partial charge >= 0.3 is 0 Å². The lowest BCUT2D eigenvalue weighted by molar-refractivity contribution is 0.0941. The van der Waals surface area contributed by atoms with E-state index in [4.69, 9.17) is 0 Å². The number of carbonyl (C=O) groups is 1. The Labute approximate surface area is 122 Å². The molecule has 2 aromatic rings. The van der Waals surface area contributed by atoms with Gasteiger partial charge in [0.1, 0.15) is 5.82 Å². The highest BCUT2D eigenvalue weighted by Crippen LogP contribution is 2.27. The van der Waals surface area contributed by atoms with Crippen LogP contribution in [0.4, 0.5) is 0 Å². The Morgan fingerprint density at radius 1 is 1.19 bits per heavy atom. The van der Waals surface area contributed by atoms with E-state index in [0.717, 1.165) is 5.56 Å². The van der Waals surface area contributed by atoms with Crippen LogP contribution in [0.5, 0.6) is 11.6 Å². The van der Waals surface area contributed by atoms with Gasteiger partial charge in [0, 0.05) is 12.5 Å². The minimum Gasteiger partial charge on any atom is -0.501 e. The van der Waals surface area contributed by atoms with E-state index in [1.807, 2.05) is 44.2 Å². The lowest BCUT2D eigenvalue weighted by Gasteiger charge is -2.10. The summed E-state index contributed by atoms with van der Waals surface area (Å²) in [6, 6.07) is 9.36. The number of carbonyl (C=O) groups excluding carboxylic acids is 1. The number of nitrogens with zero attached hydrogens (tertiary/aromatic N) is 2. The molecule has 1 amide bonds. The second kappa shape index (κ2) is 6.21. The van der Waals surface area contributed by atoms with Crippen molar-refractivity contribution in [1.29, 1.82) is 0 Å². The van der Waals surface area contributed by atoms with Gasteiger partial charge in [0.05, 0.1) is 0 Å². The van der Waals surface area contributed by atoms with E-state index in [-0.39, 0.29) is 11.6 Å². The van der Waals surface area contributed by atoms with Crippen LogP contribution in [-0.2, 0) is 6.54 Å². The zero-order valence-corrected chi connectivity index (χ0v) is 11.9. The summed E-state index contributed by atoms with van der Waals surface area (Å²) in [5.74, 6) is -1.52. The summed E-state index contributed by atoms with van der Waals surface area (Å²) in [6.07, 6.45) is 0. The second-order valence-corrected chi connectivity index (χ2v) is 4.93. The van der Waals surface area contributed by atoms with Crippen molar-refractivity contribution >= 4 is 5.91 Å². The molecule has 2 rings (SSSR count). The first-order valence-corrected chi connectivity index (χ1v) is 6.61. The van der Waals surface area contributed by atoms with Crippen LogP contribution < -0.4 is 5.32 Å². The van der Waals surface area contributed by atoms with Crippen LogP contribution in [0.2, 0.25) is 0 Å². The number of amides is 1. The summed E-state index contributed by atoms with van der Waals surface area (Å²) in [6.45, 7) is 3.97. The third-order valence-corrected chi connectivity index (χ3v) is 2.91. The quantitative estimate of drug-likeness (QED) is 0.798. The van der Waals surface area contributed by atoms with E-state index < -0.39 is 17.5 Å². The SMILES string of the molecule is CC(C)c1nc(O)c(O)c(C(=O)NCc2ccccc2)n1. The summed E-state index contributed by atoms with van der Waals surface area (Å²) < 4.78 is 0. The van der Waals surface area contributed by atoms with Crippen LogP contribution in [0.15, 0.2) is 30.3 Å². The Hall–Kier alpha value is -2.63. The van der Waals surface area contributed by atoms with Crippen molar-refractivity contribution in [2.45, 2.75) is 26.3 Å². The lowest BCUT2D eigenvalue weighted by atomic mass is 10.2. The first-order valence-electron chi connectivity index (χ1n) is 6.61. The summed E-state index contributed by atoms with van der Waals surface area (Å²) in [5, 5.41) is 22.0. The number of nitrogens with one attached hydrogen (secondary N) is 1. The first kappa shape index (κ1) is 14.8. The van der Waals surface area contributed by atoms with E-state index in [2.05, 4.69) is 15.3 Å². The number of hydrogen-bond acceptors (Lipinski definition) is 5. The Kier molecular flexibility index (Phi) is 4.37. The molecule has 3 N–H and O–H groups in total. The normalized spacial score (nSPS) is 10.6. The van der Waals surface area contributed by atoms with Gasteiger partial charge < -0.3 is 15.5 Å². The van der Waals surface area contributed by atoms with Crippen LogP contribution >= 0.6 is 0 Å². The van der Waals surface area contributed by atoms with Gasteiger partial charge in [-0.2, -0.15) is 4.98 Å². The van der Waals surface area contributed by atoms with Crippen molar-refractivity contribution in [3.8, 4) is 11.6 Å². The molecule has 1 aromatic heterocycles. The number of aromatic nitrogens is 2. The monoisotopic (exact) mass is 287 g/mol. The van der Waals surface area contributed by atoms with Gasteiger partial charge in [0.2, 0.25) is 5.75 Å². The van der Waals surface area contributed by atoms with E-state index in [9.17, 15) is 15.0 Å². The predicted molar refractivity (Wildman–Crippen MR) is 77.1 cm³/mol. The van der Waals surface area contributed by atoms with Crippen molar-refractivity contribution in [2.75, 3.05) is 0 Å². The van der Waals surface area contributed by atoms with Gasteiger partial charge in [-0.1, -0.05) is 44.2 Å². The number of hydrogen-bond donors (Lipinski definition) is 3. The van der Waals surface area contributed by atoms with Gasteiger partial charge in [-0.25, -0.2) is 4.98 Å². The summed E-state index contributed by atoms with van der Waals surface area (Å²) >= 11 is 0. The minimum atomic E-state index is -0.607. The second-order valence-electron chi connectivity index (χ2n) is 4.93. The average molecular weight is 287 g/mol. The third kappa shape index (κ3) is 3.47. The standard InChI is InChI=1S/C15H17N3O3/c1-9(2)13-17-11(12(19)15(21)18-13)14(20)16-8-10-6-4-3-5-7-10/h3-7,9,19H,8H2,1-2H3,(H,16,20)(H,17,18,21). The van der Waals surface area contributed by atoms with Crippen LogP contribution in [0.3, 0.4) is 0 Å².